The van der Waals surface area contributed by atoms with Crippen molar-refractivity contribution in [2.75, 3.05) is 13.6 Å². The van der Waals surface area contributed by atoms with E-state index in [1.807, 2.05) is 0 Å². The van der Waals surface area contributed by atoms with Crippen LogP contribution < -0.4 is 14.2 Å². The summed E-state index contributed by atoms with van der Waals surface area (Å²) in [4.78, 5) is 22.6. The molecule has 0 amide bonds. The van der Waals surface area contributed by atoms with Gasteiger partial charge in [0.2, 0.25) is 6.79 Å². The van der Waals surface area contributed by atoms with Crippen molar-refractivity contribution in [1.29, 1.82) is 0 Å². The molecule has 0 bridgehead atoms. The van der Waals surface area contributed by atoms with Crippen molar-refractivity contribution in [2.45, 2.75) is 13.2 Å². The predicted octanol–water partition coefficient (Wildman–Crippen LogP) is 2.95. The number of hydrogen-bond donors (Lipinski definition) is 0. The molecule has 4 rings (SSSR count). The highest BCUT2D eigenvalue weighted by Gasteiger charge is 2.21. The average Bonchev–Trinajstić information content (AvgIpc) is 3.18. The number of fused-ring (bicyclic) bond motifs is 2. The lowest BCUT2D eigenvalue weighted by molar-refractivity contribution is -0.385. The summed E-state index contributed by atoms with van der Waals surface area (Å²) < 4.78 is 26.3. The fourth-order valence-corrected chi connectivity index (χ4v) is 2.87. The van der Waals surface area contributed by atoms with Gasteiger partial charge < -0.3 is 23.7 Å². The third-order valence-electron chi connectivity index (χ3n) is 4.16. The van der Waals surface area contributed by atoms with Crippen LogP contribution in [0.4, 0.5) is 5.69 Å². The molecular formula is C19H15NO8. The van der Waals surface area contributed by atoms with Crippen molar-refractivity contribution >= 4 is 17.7 Å². The monoisotopic (exact) mass is 385 g/mol. The van der Waals surface area contributed by atoms with Crippen LogP contribution in [0.15, 0.2) is 36.4 Å². The number of carbonyl (C=O) groups is 1. The molecule has 0 fully saturated rings. The van der Waals surface area contributed by atoms with Crippen molar-refractivity contribution in [3.05, 3.63) is 63.2 Å². The number of nitro groups is 1. The number of nitrogens with zero attached hydrogens (tertiary/aromatic N) is 1. The third-order valence-corrected chi connectivity index (χ3v) is 4.16. The van der Waals surface area contributed by atoms with Crippen LogP contribution in [-0.4, -0.2) is 24.5 Å². The smallest absolute Gasteiger partial charge is 0.331 e. The van der Waals surface area contributed by atoms with Crippen LogP contribution in [-0.2, 0) is 27.5 Å². The minimum Gasteiger partial charge on any atom is -0.467 e. The van der Waals surface area contributed by atoms with Gasteiger partial charge in [0.05, 0.1) is 11.5 Å². The summed E-state index contributed by atoms with van der Waals surface area (Å²) in [6.45, 7) is 0.247. The second-order valence-electron chi connectivity index (χ2n) is 6.01. The molecule has 0 unspecified atom stereocenters. The molecule has 9 nitrogen and oxygen atoms in total. The van der Waals surface area contributed by atoms with E-state index in [0.717, 1.165) is 5.56 Å². The molecular weight excluding hydrogens is 370 g/mol. The third kappa shape index (κ3) is 3.74. The van der Waals surface area contributed by atoms with Gasteiger partial charge in [0, 0.05) is 29.3 Å². The van der Waals surface area contributed by atoms with Gasteiger partial charge in [-0.3, -0.25) is 10.1 Å². The van der Waals surface area contributed by atoms with Crippen LogP contribution in [0.2, 0.25) is 0 Å². The van der Waals surface area contributed by atoms with E-state index in [-0.39, 0.29) is 32.5 Å². The molecule has 28 heavy (non-hydrogen) atoms. The van der Waals surface area contributed by atoms with Gasteiger partial charge in [-0.05, 0) is 23.8 Å². The van der Waals surface area contributed by atoms with E-state index in [4.69, 9.17) is 23.7 Å². The van der Waals surface area contributed by atoms with Gasteiger partial charge in [-0.1, -0.05) is 6.07 Å². The first-order valence-corrected chi connectivity index (χ1v) is 8.35. The minimum absolute atomic E-state index is 0.0375. The Bertz CT molecular complexity index is 969. The maximum Gasteiger partial charge on any atom is 0.331 e. The topological polar surface area (TPSA) is 106 Å². The minimum atomic E-state index is -0.593. The van der Waals surface area contributed by atoms with Crippen LogP contribution in [0.5, 0.6) is 17.2 Å². The normalized spacial score (nSPS) is 14.4. The Morgan fingerprint density at radius 3 is 2.86 bits per heavy atom. The molecule has 2 aromatic rings. The Kier molecular flexibility index (Phi) is 4.81. The molecule has 0 atom stereocenters. The van der Waals surface area contributed by atoms with E-state index in [2.05, 4.69) is 0 Å². The standard InChI is InChI=1S/C19H15NO8/c21-18(4-2-12-1-3-16-17(5-12)27-11-26-16)25-9-14-7-15(20(22)23)6-13-8-24-10-28-19(13)14/h1-7H,8-11H2/b4-2+. The van der Waals surface area contributed by atoms with E-state index in [1.54, 1.807) is 24.3 Å². The molecule has 2 aromatic carbocycles. The zero-order chi connectivity index (χ0) is 19.5. The number of rotatable bonds is 5. The SMILES string of the molecule is O=C(/C=C/c1ccc2c(c1)OCO2)OCc1cc([N+](=O)[O-])cc2c1OCOC2. The largest absolute Gasteiger partial charge is 0.467 e. The van der Waals surface area contributed by atoms with Gasteiger partial charge in [-0.2, -0.15) is 0 Å². The molecule has 0 spiro atoms. The molecule has 144 valence electrons. The van der Waals surface area contributed by atoms with E-state index in [9.17, 15) is 14.9 Å². The fourth-order valence-electron chi connectivity index (χ4n) is 2.87. The maximum atomic E-state index is 12.0. The molecule has 0 radical (unpaired) electrons. The number of non-ortho nitro benzene ring substituents is 1. The Morgan fingerprint density at radius 2 is 2.00 bits per heavy atom. The highest BCUT2D eigenvalue weighted by molar-refractivity contribution is 5.87. The Labute approximate surface area is 159 Å². The lowest BCUT2D eigenvalue weighted by atomic mass is 10.1. The number of ether oxygens (including phenoxy) is 5. The average molecular weight is 385 g/mol. The quantitative estimate of drug-likeness (QED) is 0.335. The fraction of sp³-hybridized carbons (Fsp3) is 0.211. The number of hydrogen-bond acceptors (Lipinski definition) is 8. The van der Waals surface area contributed by atoms with Crippen LogP contribution in [0.25, 0.3) is 6.08 Å². The van der Waals surface area contributed by atoms with Crippen molar-refractivity contribution in [1.82, 2.24) is 0 Å². The summed E-state index contributed by atoms with van der Waals surface area (Å²) in [5.74, 6) is 1.12. The van der Waals surface area contributed by atoms with E-state index >= 15 is 0 Å². The summed E-state index contributed by atoms with van der Waals surface area (Å²) in [6, 6.07) is 8.00. The number of benzene rings is 2. The van der Waals surface area contributed by atoms with Crippen molar-refractivity contribution in [2.24, 2.45) is 0 Å². The lowest BCUT2D eigenvalue weighted by Gasteiger charge is -2.20. The highest BCUT2D eigenvalue weighted by atomic mass is 16.7. The number of carbonyl (C=O) groups excluding carboxylic acids is 1. The molecule has 0 N–H and O–H groups in total. The van der Waals surface area contributed by atoms with Gasteiger partial charge >= 0.3 is 5.97 Å². The van der Waals surface area contributed by atoms with Gasteiger partial charge in [-0.25, -0.2) is 4.79 Å². The molecule has 9 heteroatoms. The van der Waals surface area contributed by atoms with E-state index in [0.29, 0.717) is 28.4 Å². The Hall–Kier alpha value is -3.59. The van der Waals surface area contributed by atoms with Gasteiger partial charge in [-0.15, -0.1) is 0 Å². The number of nitro benzene ring substituents is 1. The molecule has 0 saturated carbocycles. The van der Waals surface area contributed by atoms with Crippen molar-refractivity contribution < 1.29 is 33.4 Å². The molecule has 0 saturated heterocycles. The van der Waals surface area contributed by atoms with Crippen LogP contribution in [0.3, 0.4) is 0 Å². The summed E-state index contributed by atoms with van der Waals surface area (Å²) in [5.41, 5.74) is 1.59. The van der Waals surface area contributed by atoms with Crippen molar-refractivity contribution in [3.8, 4) is 17.2 Å². The highest BCUT2D eigenvalue weighted by Crippen LogP contribution is 2.34. The Morgan fingerprint density at radius 1 is 1.14 bits per heavy atom. The first-order valence-electron chi connectivity index (χ1n) is 8.35. The molecule has 0 aliphatic carbocycles. The van der Waals surface area contributed by atoms with Gasteiger partial charge in [0.15, 0.2) is 18.3 Å². The summed E-state index contributed by atoms with van der Waals surface area (Å²) in [5, 5.41) is 11.1. The number of esters is 1. The van der Waals surface area contributed by atoms with E-state index < -0.39 is 10.9 Å². The van der Waals surface area contributed by atoms with Crippen LogP contribution in [0.1, 0.15) is 16.7 Å². The molecule has 2 heterocycles. The van der Waals surface area contributed by atoms with Crippen molar-refractivity contribution in [3.63, 3.8) is 0 Å². The lowest BCUT2D eigenvalue weighted by Crippen LogP contribution is -2.14. The molecule has 0 aromatic heterocycles. The maximum absolute atomic E-state index is 12.0. The van der Waals surface area contributed by atoms with Crippen LogP contribution in [0, 0.1) is 10.1 Å². The summed E-state index contributed by atoms with van der Waals surface area (Å²) in [7, 11) is 0. The zero-order valence-corrected chi connectivity index (χ0v) is 14.6. The molecule has 2 aliphatic heterocycles. The molecule has 2 aliphatic rings. The van der Waals surface area contributed by atoms with Gasteiger partial charge in [0.25, 0.3) is 5.69 Å². The summed E-state index contributed by atoms with van der Waals surface area (Å²) in [6.07, 6.45) is 2.85. The first kappa shape index (κ1) is 17.8. The second-order valence-corrected chi connectivity index (χ2v) is 6.01. The Balaban J connectivity index is 1.44. The zero-order valence-electron chi connectivity index (χ0n) is 14.6. The van der Waals surface area contributed by atoms with Gasteiger partial charge in [0.1, 0.15) is 12.4 Å². The first-order chi connectivity index (χ1) is 13.6. The summed E-state index contributed by atoms with van der Waals surface area (Å²) >= 11 is 0. The predicted molar refractivity (Wildman–Crippen MR) is 94.8 cm³/mol. The van der Waals surface area contributed by atoms with E-state index in [1.165, 1.54) is 18.2 Å². The van der Waals surface area contributed by atoms with Crippen LogP contribution >= 0.6 is 0 Å². The second kappa shape index (κ2) is 7.57.